The van der Waals surface area contributed by atoms with E-state index in [-0.39, 0.29) is 17.6 Å². The van der Waals surface area contributed by atoms with Gasteiger partial charge in [0.2, 0.25) is 5.95 Å². The van der Waals surface area contributed by atoms with Crippen molar-refractivity contribution >= 4 is 5.91 Å². The normalized spacial score (nSPS) is 17.7. The van der Waals surface area contributed by atoms with Crippen molar-refractivity contribution in [3.8, 4) is 0 Å². The van der Waals surface area contributed by atoms with Crippen LogP contribution in [0.4, 0.5) is 4.39 Å². The van der Waals surface area contributed by atoms with Crippen LogP contribution in [-0.2, 0) is 0 Å². The van der Waals surface area contributed by atoms with Gasteiger partial charge in [-0.3, -0.25) is 4.79 Å². The first kappa shape index (κ1) is 13.0. The molecule has 0 unspecified atom stereocenters. The van der Waals surface area contributed by atoms with E-state index in [9.17, 15) is 9.18 Å². The van der Waals surface area contributed by atoms with Crippen LogP contribution in [0.2, 0.25) is 0 Å². The Labute approximate surface area is 106 Å². The number of amides is 1. The number of rotatable bonds is 2. The highest BCUT2D eigenvalue weighted by atomic mass is 19.1. The summed E-state index contributed by atoms with van der Waals surface area (Å²) in [6.45, 7) is 1.97. The minimum absolute atomic E-state index is 0.177. The highest BCUT2D eigenvalue weighted by molar-refractivity contribution is 5.92. The Morgan fingerprint density at radius 2 is 2.11 bits per heavy atom. The van der Waals surface area contributed by atoms with E-state index in [1.54, 1.807) is 18.0 Å². The lowest BCUT2D eigenvalue weighted by Crippen LogP contribution is -2.44. The second-order valence-corrected chi connectivity index (χ2v) is 4.80. The Bertz CT molecular complexity index is 430. The summed E-state index contributed by atoms with van der Waals surface area (Å²) in [5, 5.41) is 0. The highest BCUT2D eigenvalue weighted by Crippen LogP contribution is 2.16. The van der Waals surface area contributed by atoms with Crippen molar-refractivity contribution in [2.45, 2.75) is 18.9 Å². The number of pyridine rings is 1. The third-order valence-corrected chi connectivity index (χ3v) is 3.49. The predicted molar refractivity (Wildman–Crippen MR) is 66.8 cm³/mol. The molecule has 1 amide bonds. The molecule has 1 fully saturated rings. The average molecular weight is 251 g/mol. The third-order valence-electron chi connectivity index (χ3n) is 3.49. The average Bonchev–Trinajstić information content (AvgIpc) is 2.38. The SMILES string of the molecule is CN1CCC(N(C)C(=O)c2cccc(F)n2)CC1. The van der Waals surface area contributed by atoms with E-state index in [0.717, 1.165) is 25.9 Å². The van der Waals surface area contributed by atoms with Gasteiger partial charge in [-0.05, 0) is 45.1 Å². The summed E-state index contributed by atoms with van der Waals surface area (Å²) >= 11 is 0. The Morgan fingerprint density at radius 3 is 2.72 bits per heavy atom. The van der Waals surface area contributed by atoms with E-state index >= 15 is 0 Å². The number of carbonyl (C=O) groups excluding carboxylic acids is 1. The van der Waals surface area contributed by atoms with Crippen molar-refractivity contribution < 1.29 is 9.18 Å². The van der Waals surface area contributed by atoms with Gasteiger partial charge in [0.25, 0.3) is 5.91 Å². The van der Waals surface area contributed by atoms with Gasteiger partial charge in [-0.1, -0.05) is 6.07 Å². The maximum absolute atomic E-state index is 13.0. The summed E-state index contributed by atoms with van der Waals surface area (Å²) in [6, 6.07) is 4.53. The van der Waals surface area contributed by atoms with Gasteiger partial charge >= 0.3 is 0 Å². The monoisotopic (exact) mass is 251 g/mol. The van der Waals surface area contributed by atoms with Gasteiger partial charge in [0, 0.05) is 13.1 Å². The second kappa shape index (κ2) is 5.44. The zero-order valence-electron chi connectivity index (χ0n) is 10.8. The van der Waals surface area contributed by atoms with Crippen LogP contribution in [0.1, 0.15) is 23.3 Å². The van der Waals surface area contributed by atoms with Crippen molar-refractivity contribution in [2.75, 3.05) is 27.2 Å². The van der Waals surface area contributed by atoms with Crippen molar-refractivity contribution in [3.63, 3.8) is 0 Å². The largest absolute Gasteiger partial charge is 0.337 e. The fourth-order valence-corrected chi connectivity index (χ4v) is 2.26. The van der Waals surface area contributed by atoms with E-state index in [4.69, 9.17) is 0 Å². The number of piperidine rings is 1. The van der Waals surface area contributed by atoms with Crippen LogP contribution < -0.4 is 0 Å². The lowest BCUT2D eigenvalue weighted by atomic mass is 10.0. The zero-order chi connectivity index (χ0) is 13.1. The first-order chi connectivity index (χ1) is 8.58. The minimum Gasteiger partial charge on any atom is -0.337 e. The van der Waals surface area contributed by atoms with E-state index in [0.29, 0.717) is 0 Å². The molecular weight excluding hydrogens is 233 g/mol. The highest BCUT2D eigenvalue weighted by Gasteiger charge is 2.25. The quantitative estimate of drug-likeness (QED) is 0.745. The van der Waals surface area contributed by atoms with Gasteiger partial charge in [-0.2, -0.15) is 4.39 Å². The molecule has 0 bridgehead atoms. The van der Waals surface area contributed by atoms with Gasteiger partial charge in [-0.15, -0.1) is 0 Å². The second-order valence-electron chi connectivity index (χ2n) is 4.80. The van der Waals surface area contributed by atoms with E-state index in [1.807, 2.05) is 0 Å². The molecule has 18 heavy (non-hydrogen) atoms. The van der Waals surface area contributed by atoms with Gasteiger partial charge in [0.1, 0.15) is 5.69 Å². The Kier molecular flexibility index (Phi) is 3.91. The molecule has 0 aromatic carbocycles. The lowest BCUT2D eigenvalue weighted by Gasteiger charge is -2.34. The maximum Gasteiger partial charge on any atom is 0.272 e. The maximum atomic E-state index is 13.0. The Balaban J connectivity index is 2.04. The summed E-state index contributed by atoms with van der Waals surface area (Å²) in [7, 11) is 3.84. The van der Waals surface area contributed by atoms with Gasteiger partial charge in [0.15, 0.2) is 0 Å². The van der Waals surface area contributed by atoms with Crippen molar-refractivity contribution in [2.24, 2.45) is 0 Å². The number of carbonyl (C=O) groups is 1. The van der Waals surface area contributed by atoms with Crippen molar-refractivity contribution in [1.29, 1.82) is 0 Å². The molecular formula is C13H18FN3O. The number of hydrogen-bond acceptors (Lipinski definition) is 3. The molecule has 0 N–H and O–H groups in total. The van der Waals surface area contributed by atoms with Crippen LogP contribution in [0.5, 0.6) is 0 Å². The standard InChI is InChI=1S/C13H18FN3O/c1-16-8-6-10(7-9-16)17(2)13(18)11-4-3-5-12(14)15-11/h3-5,10H,6-9H2,1-2H3. The number of aromatic nitrogens is 1. The molecule has 1 aliphatic heterocycles. The van der Waals surface area contributed by atoms with Crippen LogP contribution in [-0.4, -0.2) is 53.9 Å². The van der Waals surface area contributed by atoms with Crippen LogP contribution >= 0.6 is 0 Å². The Morgan fingerprint density at radius 1 is 1.44 bits per heavy atom. The molecule has 5 heteroatoms. The number of halogens is 1. The molecule has 4 nitrogen and oxygen atoms in total. The van der Waals surface area contributed by atoms with Gasteiger partial charge in [-0.25, -0.2) is 4.98 Å². The summed E-state index contributed by atoms with van der Waals surface area (Å²) in [5.41, 5.74) is 0.177. The molecule has 0 saturated carbocycles. The van der Waals surface area contributed by atoms with Crippen molar-refractivity contribution in [3.05, 3.63) is 29.8 Å². The van der Waals surface area contributed by atoms with Gasteiger partial charge < -0.3 is 9.80 Å². The smallest absolute Gasteiger partial charge is 0.272 e. The fraction of sp³-hybridized carbons (Fsp3) is 0.538. The Hall–Kier alpha value is -1.49. The molecule has 1 aromatic heterocycles. The van der Waals surface area contributed by atoms with Crippen molar-refractivity contribution in [1.82, 2.24) is 14.8 Å². The van der Waals surface area contributed by atoms with Crippen LogP contribution in [0.15, 0.2) is 18.2 Å². The topological polar surface area (TPSA) is 36.4 Å². The minimum atomic E-state index is -0.613. The van der Waals surface area contributed by atoms with E-state index < -0.39 is 5.95 Å². The van der Waals surface area contributed by atoms with Crippen LogP contribution in [0, 0.1) is 5.95 Å². The summed E-state index contributed by atoms with van der Waals surface area (Å²) in [5.74, 6) is -0.818. The summed E-state index contributed by atoms with van der Waals surface area (Å²) < 4.78 is 13.0. The zero-order valence-corrected chi connectivity index (χ0v) is 10.8. The molecule has 0 radical (unpaired) electrons. The molecule has 0 aliphatic carbocycles. The molecule has 1 aromatic rings. The fourth-order valence-electron chi connectivity index (χ4n) is 2.26. The number of nitrogens with zero attached hydrogens (tertiary/aromatic N) is 3. The van der Waals surface area contributed by atoms with Crippen LogP contribution in [0.3, 0.4) is 0 Å². The number of likely N-dealkylation sites (tertiary alicyclic amines) is 1. The molecule has 98 valence electrons. The molecule has 0 spiro atoms. The first-order valence-electron chi connectivity index (χ1n) is 6.16. The molecule has 1 aliphatic rings. The molecule has 2 heterocycles. The predicted octanol–water partition coefficient (Wildman–Crippen LogP) is 1.39. The van der Waals surface area contributed by atoms with E-state index in [2.05, 4.69) is 16.9 Å². The van der Waals surface area contributed by atoms with E-state index in [1.165, 1.54) is 12.1 Å². The summed E-state index contributed by atoms with van der Waals surface area (Å²) in [4.78, 5) is 19.7. The first-order valence-corrected chi connectivity index (χ1v) is 6.16. The van der Waals surface area contributed by atoms with Crippen LogP contribution in [0.25, 0.3) is 0 Å². The van der Waals surface area contributed by atoms with Gasteiger partial charge in [0.05, 0.1) is 0 Å². The molecule has 1 saturated heterocycles. The molecule has 2 rings (SSSR count). The molecule has 0 atom stereocenters. The lowest BCUT2D eigenvalue weighted by molar-refractivity contribution is 0.0652. The third kappa shape index (κ3) is 2.85. The number of hydrogen-bond donors (Lipinski definition) is 0. The summed E-state index contributed by atoms with van der Waals surface area (Å²) in [6.07, 6.45) is 1.90.